The van der Waals surface area contributed by atoms with Crippen LogP contribution in [0.2, 0.25) is 0 Å². The molecule has 1 aromatic carbocycles. The quantitative estimate of drug-likeness (QED) is 0.853. The van der Waals surface area contributed by atoms with Crippen molar-refractivity contribution >= 4 is 5.69 Å². The molecule has 1 N–H and O–H groups in total. The first-order valence-electron chi connectivity index (χ1n) is 7.49. The van der Waals surface area contributed by atoms with Gasteiger partial charge in [-0.2, -0.15) is 0 Å². The zero-order valence-corrected chi connectivity index (χ0v) is 13.4. The number of aromatic nitrogens is 1. The maximum absolute atomic E-state index is 5.95. The molecule has 112 valence electrons. The van der Waals surface area contributed by atoms with E-state index in [-0.39, 0.29) is 0 Å². The van der Waals surface area contributed by atoms with E-state index in [1.54, 1.807) is 0 Å². The van der Waals surface area contributed by atoms with Crippen molar-refractivity contribution < 1.29 is 4.74 Å². The van der Waals surface area contributed by atoms with Gasteiger partial charge in [-0.1, -0.05) is 13.0 Å². The number of nitrogens with one attached hydrogen (secondary N) is 1. The minimum Gasteiger partial charge on any atom is -0.487 e. The molecule has 21 heavy (non-hydrogen) atoms. The zero-order chi connectivity index (χ0) is 15.2. The van der Waals surface area contributed by atoms with Gasteiger partial charge in [0.1, 0.15) is 12.4 Å². The number of hydrogen-bond acceptors (Lipinski definition) is 3. The highest BCUT2D eigenvalue weighted by Crippen LogP contribution is 2.24. The van der Waals surface area contributed by atoms with E-state index in [0.29, 0.717) is 6.61 Å². The smallest absolute Gasteiger partial charge is 0.130 e. The average molecular weight is 284 g/mol. The molecule has 3 nitrogen and oxygen atoms in total. The molecule has 0 saturated carbocycles. The van der Waals surface area contributed by atoms with E-state index < -0.39 is 0 Å². The number of aryl methyl sites for hydroxylation is 2. The van der Waals surface area contributed by atoms with E-state index in [1.165, 1.54) is 16.7 Å². The van der Waals surface area contributed by atoms with Crippen LogP contribution in [0, 0.1) is 20.8 Å². The van der Waals surface area contributed by atoms with Crippen molar-refractivity contribution in [3.05, 3.63) is 52.8 Å². The summed E-state index contributed by atoms with van der Waals surface area (Å²) in [5, 5.41) is 3.37. The van der Waals surface area contributed by atoms with Gasteiger partial charge in [-0.05, 0) is 62.1 Å². The average Bonchev–Trinajstić information content (AvgIpc) is 2.47. The van der Waals surface area contributed by atoms with E-state index in [9.17, 15) is 0 Å². The van der Waals surface area contributed by atoms with E-state index in [4.69, 9.17) is 4.74 Å². The summed E-state index contributed by atoms with van der Waals surface area (Å²) in [4.78, 5) is 4.37. The van der Waals surface area contributed by atoms with E-state index in [1.807, 2.05) is 18.3 Å². The Morgan fingerprint density at radius 1 is 1.14 bits per heavy atom. The van der Waals surface area contributed by atoms with Crippen molar-refractivity contribution in [3.63, 3.8) is 0 Å². The van der Waals surface area contributed by atoms with Gasteiger partial charge in [-0.15, -0.1) is 0 Å². The molecule has 0 amide bonds. The fraction of sp³-hybridized carbons (Fsp3) is 0.389. The van der Waals surface area contributed by atoms with Gasteiger partial charge in [-0.25, -0.2) is 0 Å². The Bertz CT molecular complexity index is 608. The van der Waals surface area contributed by atoms with E-state index in [2.05, 4.69) is 50.1 Å². The molecule has 0 fully saturated rings. The number of pyridine rings is 1. The Morgan fingerprint density at radius 2 is 1.95 bits per heavy atom. The van der Waals surface area contributed by atoms with Crippen LogP contribution in [0.3, 0.4) is 0 Å². The summed E-state index contributed by atoms with van der Waals surface area (Å²) in [5.74, 6) is 0.946. The van der Waals surface area contributed by atoms with Crippen LogP contribution in [0.15, 0.2) is 30.5 Å². The van der Waals surface area contributed by atoms with Crippen molar-refractivity contribution in [1.29, 1.82) is 0 Å². The third kappa shape index (κ3) is 4.22. The fourth-order valence-electron chi connectivity index (χ4n) is 2.24. The van der Waals surface area contributed by atoms with Crippen molar-refractivity contribution in [3.8, 4) is 5.75 Å². The van der Waals surface area contributed by atoms with Crippen LogP contribution < -0.4 is 10.1 Å². The molecule has 0 aliphatic heterocycles. The first kappa shape index (κ1) is 15.4. The summed E-state index contributed by atoms with van der Waals surface area (Å²) >= 11 is 0. The van der Waals surface area contributed by atoms with Gasteiger partial charge in [0.25, 0.3) is 0 Å². The lowest BCUT2D eigenvalue weighted by Crippen LogP contribution is -2.04. The molecule has 0 atom stereocenters. The first-order chi connectivity index (χ1) is 10.1. The maximum Gasteiger partial charge on any atom is 0.130 e. The highest BCUT2D eigenvalue weighted by Gasteiger charge is 2.05. The number of anilines is 1. The summed E-state index contributed by atoms with van der Waals surface area (Å²) in [6.45, 7) is 9.92. The predicted molar refractivity (Wildman–Crippen MR) is 88.0 cm³/mol. The Labute approximate surface area is 127 Å². The monoisotopic (exact) mass is 284 g/mol. The summed E-state index contributed by atoms with van der Waals surface area (Å²) in [6, 6.07) is 8.30. The second-order valence-corrected chi connectivity index (χ2v) is 5.46. The number of hydrogen-bond donors (Lipinski definition) is 1. The summed E-state index contributed by atoms with van der Waals surface area (Å²) < 4.78 is 5.95. The maximum atomic E-state index is 5.95. The lowest BCUT2D eigenvalue weighted by atomic mass is 10.1. The predicted octanol–water partition coefficient (Wildman–Crippen LogP) is 4.41. The molecule has 0 aliphatic carbocycles. The van der Waals surface area contributed by atoms with Crippen LogP contribution in [0.4, 0.5) is 5.69 Å². The number of nitrogens with zero attached hydrogens (tertiary/aromatic N) is 1. The molecule has 0 aliphatic rings. The van der Waals surface area contributed by atoms with Gasteiger partial charge < -0.3 is 10.1 Å². The topological polar surface area (TPSA) is 34.2 Å². The molecule has 1 aromatic heterocycles. The summed E-state index contributed by atoms with van der Waals surface area (Å²) in [6.07, 6.45) is 2.93. The van der Waals surface area contributed by atoms with Gasteiger partial charge in [-0.3, -0.25) is 4.98 Å². The van der Waals surface area contributed by atoms with Crippen LogP contribution in [-0.4, -0.2) is 11.5 Å². The summed E-state index contributed by atoms with van der Waals surface area (Å²) in [7, 11) is 0. The van der Waals surface area contributed by atoms with Crippen molar-refractivity contribution in [2.24, 2.45) is 0 Å². The molecule has 1 heterocycles. The third-order valence-corrected chi connectivity index (χ3v) is 3.54. The van der Waals surface area contributed by atoms with Gasteiger partial charge in [0.15, 0.2) is 0 Å². The molecule has 3 heteroatoms. The van der Waals surface area contributed by atoms with Crippen molar-refractivity contribution in [2.45, 2.75) is 40.7 Å². The van der Waals surface area contributed by atoms with Gasteiger partial charge in [0.2, 0.25) is 0 Å². The van der Waals surface area contributed by atoms with Gasteiger partial charge in [0.05, 0.1) is 5.69 Å². The standard InChI is InChI=1S/C18H24N2O/c1-5-7-19-16-6-8-20-17(11-16)12-21-18-10-13(2)9-14(3)15(18)4/h6,8-11H,5,7,12H2,1-4H3,(H,19,20). The van der Waals surface area contributed by atoms with Crippen LogP contribution >= 0.6 is 0 Å². The highest BCUT2D eigenvalue weighted by atomic mass is 16.5. The van der Waals surface area contributed by atoms with Crippen molar-refractivity contribution in [1.82, 2.24) is 4.98 Å². The lowest BCUT2D eigenvalue weighted by Gasteiger charge is -2.13. The molecule has 0 saturated heterocycles. The Hall–Kier alpha value is -2.03. The highest BCUT2D eigenvalue weighted by molar-refractivity contribution is 5.44. The lowest BCUT2D eigenvalue weighted by molar-refractivity contribution is 0.299. The van der Waals surface area contributed by atoms with Crippen LogP contribution in [0.1, 0.15) is 35.7 Å². The van der Waals surface area contributed by atoms with Gasteiger partial charge in [0, 0.05) is 18.4 Å². The van der Waals surface area contributed by atoms with Crippen LogP contribution in [-0.2, 0) is 6.61 Å². The molecular weight excluding hydrogens is 260 g/mol. The van der Waals surface area contributed by atoms with E-state index in [0.717, 1.165) is 30.1 Å². The fourth-order valence-corrected chi connectivity index (χ4v) is 2.24. The minimum atomic E-state index is 0.491. The van der Waals surface area contributed by atoms with E-state index >= 15 is 0 Å². The molecule has 0 radical (unpaired) electrons. The molecular formula is C18H24N2O. The molecule has 2 aromatic rings. The van der Waals surface area contributed by atoms with Gasteiger partial charge >= 0.3 is 0 Å². The van der Waals surface area contributed by atoms with Crippen molar-refractivity contribution in [2.75, 3.05) is 11.9 Å². The minimum absolute atomic E-state index is 0.491. The Kier molecular flexibility index (Phi) is 5.20. The molecule has 2 rings (SSSR count). The molecule has 0 unspecified atom stereocenters. The summed E-state index contributed by atoms with van der Waals surface area (Å²) in [5.41, 5.74) is 5.72. The third-order valence-electron chi connectivity index (χ3n) is 3.54. The Morgan fingerprint density at radius 3 is 2.71 bits per heavy atom. The number of ether oxygens (including phenoxy) is 1. The SMILES string of the molecule is CCCNc1ccnc(COc2cc(C)cc(C)c2C)c1. The van der Waals surface area contributed by atoms with Crippen LogP contribution in [0.5, 0.6) is 5.75 Å². The zero-order valence-electron chi connectivity index (χ0n) is 13.4. The Balaban J connectivity index is 2.06. The second kappa shape index (κ2) is 7.11. The number of rotatable bonds is 6. The molecule has 0 bridgehead atoms. The normalized spacial score (nSPS) is 10.5. The second-order valence-electron chi connectivity index (χ2n) is 5.46. The number of benzene rings is 1. The largest absolute Gasteiger partial charge is 0.487 e. The molecule has 0 spiro atoms. The van der Waals surface area contributed by atoms with Crippen LogP contribution in [0.25, 0.3) is 0 Å². The first-order valence-corrected chi connectivity index (χ1v) is 7.49.